The van der Waals surface area contributed by atoms with Crippen molar-refractivity contribution in [2.75, 3.05) is 104 Å². The quantitative estimate of drug-likeness (QED) is 0.610. The van der Waals surface area contributed by atoms with Crippen molar-refractivity contribution in [1.82, 2.24) is 0 Å². The number of anilines is 1. The summed E-state index contributed by atoms with van der Waals surface area (Å²) < 4.78 is 39.5. The van der Waals surface area contributed by atoms with Crippen LogP contribution in [0.3, 0.4) is 0 Å². The molecule has 0 aromatic heterocycles. The van der Waals surface area contributed by atoms with E-state index in [1.165, 1.54) is 5.56 Å². The molecule has 2 rings (SSSR count). The molecule has 1 aromatic rings. The minimum atomic E-state index is 0.0303. The number of hydrogen-bond acceptors (Lipinski definition) is 8. The molecule has 0 atom stereocenters. The van der Waals surface area contributed by atoms with Gasteiger partial charge in [-0.2, -0.15) is 0 Å². The van der Waals surface area contributed by atoms with Gasteiger partial charge in [0.05, 0.1) is 78.4 Å². The summed E-state index contributed by atoms with van der Waals surface area (Å²) in [6, 6.07) is 6.46. The van der Waals surface area contributed by atoms with Crippen LogP contribution in [0.4, 0.5) is 5.69 Å². The molecule has 1 aromatic carbocycles. The maximum atomic E-state index is 6.13. The monoisotopic (exact) mass is 469 g/mol. The van der Waals surface area contributed by atoms with Crippen molar-refractivity contribution in [1.29, 1.82) is 0 Å². The number of rotatable bonds is 5. The van der Waals surface area contributed by atoms with Gasteiger partial charge in [-0.3, -0.25) is 0 Å². The summed E-state index contributed by atoms with van der Waals surface area (Å²) in [5.41, 5.74) is 2.29. The summed E-state index contributed by atoms with van der Waals surface area (Å²) in [4.78, 5) is 2.26. The lowest BCUT2D eigenvalue weighted by Gasteiger charge is -2.29. The average Bonchev–Trinajstić information content (AvgIpc) is 2.79. The van der Waals surface area contributed by atoms with E-state index in [2.05, 4.69) is 43.9 Å². The van der Waals surface area contributed by atoms with Gasteiger partial charge >= 0.3 is 0 Å². The molecule has 0 aliphatic carbocycles. The SMILES string of the molecule is COCCOc1cc(C(C)(C)C)ccc1N1CCOCCOCCOCCOCCOCC1. The molecule has 1 saturated heterocycles. The summed E-state index contributed by atoms with van der Waals surface area (Å²) in [5, 5.41) is 0. The first kappa shape index (κ1) is 27.8. The zero-order chi connectivity index (χ0) is 23.8. The van der Waals surface area contributed by atoms with Crippen LogP contribution in [-0.2, 0) is 33.8 Å². The maximum Gasteiger partial charge on any atom is 0.143 e. The number of nitrogens with zero attached hydrogens (tertiary/aromatic N) is 1. The van der Waals surface area contributed by atoms with Crippen LogP contribution in [0, 0.1) is 0 Å². The number of methoxy groups -OCH3 is 1. The molecule has 1 heterocycles. The molecule has 0 radical (unpaired) electrons. The van der Waals surface area contributed by atoms with Crippen LogP contribution in [0.2, 0.25) is 0 Å². The first-order valence-electron chi connectivity index (χ1n) is 11.9. The topological polar surface area (TPSA) is 67.9 Å². The van der Waals surface area contributed by atoms with E-state index in [0.29, 0.717) is 79.3 Å². The van der Waals surface area contributed by atoms with Crippen LogP contribution >= 0.6 is 0 Å². The Morgan fingerprint density at radius 3 is 1.67 bits per heavy atom. The van der Waals surface area contributed by atoms with Crippen LogP contribution < -0.4 is 9.64 Å². The van der Waals surface area contributed by atoms with E-state index in [-0.39, 0.29) is 5.41 Å². The van der Waals surface area contributed by atoms with E-state index in [1.807, 2.05) is 0 Å². The summed E-state index contributed by atoms with van der Waals surface area (Å²) in [6.07, 6.45) is 0. The van der Waals surface area contributed by atoms with Crippen molar-refractivity contribution in [3.05, 3.63) is 23.8 Å². The molecule has 8 nitrogen and oxygen atoms in total. The van der Waals surface area contributed by atoms with E-state index in [9.17, 15) is 0 Å². The second-order valence-electron chi connectivity index (χ2n) is 8.82. The molecule has 1 fully saturated rings. The molecule has 0 spiro atoms. The van der Waals surface area contributed by atoms with Crippen LogP contribution in [0.15, 0.2) is 18.2 Å². The van der Waals surface area contributed by atoms with Gasteiger partial charge in [0.1, 0.15) is 12.4 Å². The van der Waals surface area contributed by atoms with Crippen molar-refractivity contribution in [3.63, 3.8) is 0 Å². The number of benzene rings is 1. The normalized spacial score (nSPS) is 19.0. The van der Waals surface area contributed by atoms with Crippen LogP contribution in [-0.4, -0.2) is 99.5 Å². The van der Waals surface area contributed by atoms with Gasteiger partial charge in [0, 0.05) is 20.2 Å². The molecule has 0 bridgehead atoms. The molecule has 8 heteroatoms. The molecule has 190 valence electrons. The van der Waals surface area contributed by atoms with E-state index in [1.54, 1.807) is 7.11 Å². The minimum Gasteiger partial charge on any atom is -0.489 e. The lowest BCUT2D eigenvalue weighted by atomic mass is 9.87. The third-order valence-corrected chi connectivity index (χ3v) is 5.21. The van der Waals surface area contributed by atoms with Crippen LogP contribution in [0.25, 0.3) is 0 Å². The van der Waals surface area contributed by atoms with Gasteiger partial charge in [-0.25, -0.2) is 0 Å². The van der Waals surface area contributed by atoms with Gasteiger partial charge in [0.25, 0.3) is 0 Å². The highest BCUT2D eigenvalue weighted by atomic mass is 16.6. The van der Waals surface area contributed by atoms with E-state index < -0.39 is 0 Å². The molecular formula is C25H43NO7. The Morgan fingerprint density at radius 1 is 0.727 bits per heavy atom. The Balaban J connectivity index is 2.08. The van der Waals surface area contributed by atoms with Crippen molar-refractivity contribution in [2.45, 2.75) is 26.2 Å². The number of ether oxygens (including phenoxy) is 7. The standard InChI is InChI=1S/C25H43NO7/c1-25(2,3)22-5-6-23(24(21-22)33-20-11-27-4)26-7-9-28-12-14-30-16-18-32-19-17-31-15-13-29-10-8-26/h5-6,21H,7-20H2,1-4H3. The Labute approximate surface area is 199 Å². The summed E-state index contributed by atoms with van der Waals surface area (Å²) >= 11 is 0. The predicted molar refractivity (Wildman–Crippen MR) is 129 cm³/mol. The molecule has 0 unspecified atom stereocenters. The molecule has 0 saturated carbocycles. The Bertz CT molecular complexity index is 618. The van der Waals surface area contributed by atoms with E-state index >= 15 is 0 Å². The molecule has 1 aliphatic heterocycles. The minimum absolute atomic E-state index is 0.0303. The van der Waals surface area contributed by atoms with Gasteiger partial charge in [-0.05, 0) is 23.1 Å². The predicted octanol–water partition coefficient (Wildman–Crippen LogP) is 2.91. The average molecular weight is 470 g/mol. The highest BCUT2D eigenvalue weighted by molar-refractivity contribution is 5.60. The molecule has 0 amide bonds. The Hall–Kier alpha value is -1.42. The van der Waals surface area contributed by atoms with Gasteiger partial charge in [-0.1, -0.05) is 26.8 Å². The maximum absolute atomic E-state index is 6.13. The molecule has 0 N–H and O–H groups in total. The number of hydrogen-bond donors (Lipinski definition) is 0. The van der Waals surface area contributed by atoms with Gasteiger partial charge < -0.3 is 38.1 Å². The highest BCUT2D eigenvalue weighted by Gasteiger charge is 2.19. The fraction of sp³-hybridized carbons (Fsp3) is 0.760. The first-order chi connectivity index (χ1) is 16.0. The van der Waals surface area contributed by atoms with Crippen molar-refractivity contribution in [3.8, 4) is 5.75 Å². The molecule has 33 heavy (non-hydrogen) atoms. The summed E-state index contributed by atoms with van der Waals surface area (Å²) in [7, 11) is 1.68. The Kier molecular flexibility index (Phi) is 13.7. The zero-order valence-electron chi connectivity index (χ0n) is 20.9. The van der Waals surface area contributed by atoms with E-state index in [4.69, 9.17) is 33.2 Å². The second-order valence-corrected chi connectivity index (χ2v) is 8.82. The van der Waals surface area contributed by atoms with Crippen LogP contribution in [0.5, 0.6) is 5.75 Å². The van der Waals surface area contributed by atoms with Crippen LogP contribution in [0.1, 0.15) is 26.3 Å². The summed E-state index contributed by atoms with van der Waals surface area (Å²) in [6.45, 7) is 14.7. The fourth-order valence-electron chi connectivity index (χ4n) is 3.28. The van der Waals surface area contributed by atoms with Gasteiger partial charge in [0.2, 0.25) is 0 Å². The van der Waals surface area contributed by atoms with Gasteiger partial charge in [-0.15, -0.1) is 0 Å². The molecular weight excluding hydrogens is 426 g/mol. The third-order valence-electron chi connectivity index (χ3n) is 5.21. The summed E-state index contributed by atoms with van der Waals surface area (Å²) in [5.74, 6) is 0.855. The highest BCUT2D eigenvalue weighted by Crippen LogP contribution is 2.34. The smallest absolute Gasteiger partial charge is 0.143 e. The van der Waals surface area contributed by atoms with Crippen molar-refractivity contribution >= 4 is 5.69 Å². The second kappa shape index (κ2) is 16.2. The zero-order valence-corrected chi connectivity index (χ0v) is 20.9. The van der Waals surface area contributed by atoms with E-state index in [0.717, 1.165) is 24.5 Å². The Morgan fingerprint density at radius 2 is 1.21 bits per heavy atom. The first-order valence-corrected chi connectivity index (χ1v) is 11.9. The largest absolute Gasteiger partial charge is 0.489 e. The lowest BCUT2D eigenvalue weighted by Crippen LogP contribution is -2.32. The van der Waals surface area contributed by atoms with Crippen molar-refractivity contribution in [2.24, 2.45) is 0 Å². The fourth-order valence-corrected chi connectivity index (χ4v) is 3.28. The van der Waals surface area contributed by atoms with Gasteiger partial charge in [0.15, 0.2) is 0 Å². The third kappa shape index (κ3) is 11.5. The van der Waals surface area contributed by atoms with Crippen molar-refractivity contribution < 1.29 is 33.2 Å². The lowest BCUT2D eigenvalue weighted by molar-refractivity contribution is -0.0116. The molecule has 1 aliphatic rings.